The summed E-state index contributed by atoms with van der Waals surface area (Å²) >= 11 is 0. The minimum Gasteiger partial charge on any atom is -0.462 e. The van der Waals surface area contributed by atoms with Gasteiger partial charge in [-0.25, -0.2) is 19.6 Å². The van der Waals surface area contributed by atoms with Gasteiger partial charge < -0.3 is 14.8 Å². The van der Waals surface area contributed by atoms with Gasteiger partial charge in [-0.2, -0.15) is 0 Å². The highest BCUT2D eigenvalue weighted by Gasteiger charge is 2.20. The zero-order valence-electron chi connectivity index (χ0n) is 14.8. The van der Waals surface area contributed by atoms with Crippen molar-refractivity contribution in [3.8, 4) is 0 Å². The lowest BCUT2D eigenvalue weighted by molar-refractivity contribution is -0.146. The van der Waals surface area contributed by atoms with Crippen LogP contribution in [0.2, 0.25) is 0 Å². The van der Waals surface area contributed by atoms with E-state index in [2.05, 4.69) is 15.3 Å². The van der Waals surface area contributed by atoms with E-state index in [4.69, 9.17) is 9.47 Å². The van der Waals surface area contributed by atoms with Crippen LogP contribution in [0.1, 0.15) is 25.2 Å². The molecule has 132 valence electrons. The van der Waals surface area contributed by atoms with Gasteiger partial charge in [-0.1, -0.05) is 0 Å². The van der Waals surface area contributed by atoms with Crippen LogP contribution < -0.4 is 5.32 Å². The third-order valence-electron chi connectivity index (χ3n) is 3.45. The third-order valence-corrected chi connectivity index (χ3v) is 3.45. The van der Waals surface area contributed by atoms with E-state index >= 15 is 0 Å². The van der Waals surface area contributed by atoms with Gasteiger partial charge in [0.05, 0.1) is 35.6 Å². The van der Waals surface area contributed by atoms with Gasteiger partial charge in [0.1, 0.15) is 0 Å². The van der Waals surface area contributed by atoms with Crippen LogP contribution >= 0.6 is 0 Å². The lowest BCUT2D eigenvalue weighted by Gasteiger charge is -2.08. The van der Waals surface area contributed by atoms with Crippen LogP contribution in [0.3, 0.4) is 0 Å². The SMILES string of the molecule is CCOC(=O)C(=CNc1ccc2nc(C)c(C)nc2c1)C(=O)OCC. The number of nitrogens with one attached hydrogen (secondary N) is 1. The maximum absolute atomic E-state index is 11.9. The van der Waals surface area contributed by atoms with E-state index in [9.17, 15) is 9.59 Å². The molecule has 0 aliphatic carbocycles. The Morgan fingerprint density at radius 1 is 1.00 bits per heavy atom. The Hall–Kier alpha value is -2.96. The Bertz CT molecular complexity index is 810. The molecule has 2 rings (SSSR count). The van der Waals surface area contributed by atoms with Crippen molar-refractivity contribution in [1.82, 2.24) is 9.97 Å². The molecule has 0 saturated carbocycles. The zero-order valence-corrected chi connectivity index (χ0v) is 14.8. The number of nitrogens with zero attached hydrogens (tertiary/aromatic N) is 2. The molecular formula is C18H21N3O4. The van der Waals surface area contributed by atoms with Crippen molar-refractivity contribution in [2.45, 2.75) is 27.7 Å². The number of esters is 2. The Morgan fingerprint density at radius 2 is 1.56 bits per heavy atom. The number of ether oxygens (including phenoxy) is 2. The summed E-state index contributed by atoms with van der Waals surface area (Å²) < 4.78 is 9.78. The van der Waals surface area contributed by atoms with Crippen LogP contribution in [0.25, 0.3) is 11.0 Å². The summed E-state index contributed by atoms with van der Waals surface area (Å²) in [5, 5.41) is 2.92. The number of fused-ring (bicyclic) bond motifs is 1. The molecule has 0 spiro atoms. The fraction of sp³-hybridized carbons (Fsp3) is 0.333. The molecule has 0 saturated heterocycles. The number of hydrogen-bond donors (Lipinski definition) is 1. The first-order chi connectivity index (χ1) is 12.0. The van der Waals surface area contributed by atoms with Crippen LogP contribution in [-0.2, 0) is 19.1 Å². The highest BCUT2D eigenvalue weighted by molar-refractivity contribution is 6.14. The summed E-state index contributed by atoms with van der Waals surface area (Å²) in [6.07, 6.45) is 1.28. The van der Waals surface area contributed by atoms with Crippen LogP contribution in [-0.4, -0.2) is 35.1 Å². The molecule has 0 fully saturated rings. The second-order valence-electron chi connectivity index (χ2n) is 5.24. The normalized spacial score (nSPS) is 10.2. The van der Waals surface area contributed by atoms with Gasteiger partial charge in [0.2, 0.25) is 0 Å². The monoisotopic (exact) mass is 343 g/mol. The smallest absolute Gasteiger partial charge is 0.347 e. The Kier molecular flexibility index (Phi) is 6.05. The van der Waals surface area contributed by atoms with E-state index in [1.54, 1.807) is 26.0 Å². The van der Waals surface area contributed by atoms with Crippen molar-refractivity contribution in [3.05, 3.63) is 41.4 Å². The summed E-state index contributed by atoms with van der Waals surface area (Å²) in [4.78, 5) is 32.8. The first-order valence-corrected chi connectivity index (χ1v) is 8.02. The standard InChI is InChI=1S/C18H21N3O4/c1-5-24-17(22)14(18(23)25-6-2)10-19-13-7-8-15-16(9-13)21-12(4)11(3)20-15/h7-10,19H,5-6H2,1-4H3. The molecule has 0 radical (unpaired) electrons. The maximum Gasteiger partial charge on any atom is 0.347 e. The van der Waals surface area contributed by atoms with E-state index < -0.39 is 11.9 Å². The topological polar surface area (TPSA) is 90.4 Å². The van der Waals surface area contributed by atoms with Gasteiger partial charge >= 0.3 is 11.9 Å². The van der Waals surface area contributed by atoms with Crippen LogP contribution in [0, 0.1) is 13.8 Å². The van der Waals surface area contributed by atoms with Gasteiger partial charge in [-0.3, -0.25) is 0 Å². The molecule has 0 aliphatic heterocycles. The summed E-state index contributed by atoms with van der Waals surface area (Å²) in [5.74, 6) is -1.47. The Balaban J connectivity index is 2.29. The first kappa shape index (κ1) is 18.4. The zero-order chi connectivity index (χ0) is 18.4. The second-order valence-corrected chi connectivity index (χ2v) is 5.24. The molecule has 0 aliphatic rings. The molecule has 1 aromatic heterocycles. The van der Waals surface area contributed by atoms with Crippen LogP contribution in [0.4, 0.5) is 5.69 Å². The molecule has 25 heavy (non-hydrogen) atoms. The molecule has 1 aromatic carbocycles. The lowest BCUT2D eigenvalue weighted by atomic mass is 10.2. The predicted molar refractivity (Wildman–Crippen MR) is 94.0 cm³/mol. The molecular weight excluding hydrogens is 322 g/mol. The van der Waals surface area contributed by atoms with Crippen LogP contribution in [0.15, 0.2) is 30.0 Å². The van der Waals surface area contributed by atoms with Crippen molar-refractivity contribution >= 4 is 28.7 Å². The van der Waals surface area contributed by atoms with E-state index in [-0.39, 0.29) is 18.8 Å². The van der Waals surface area contributed by atoms with Crippen molar-refractivity contribution < 1.29 is 19.1 Å². The summed E-state index contributed by atoms with van der Waals surface area (Å²) in [6, 6.07) is 5.40. The highest BCUT2D eigenvalue weighted by atomic mass is 16.6. The number of anilines is 1. The summed E-state index contributed by atoms with van der Waals surface area (Å²) in [5.41, 5.74) is 3.68. The largest absolute Gasteiger partial charge is 0.462 e. The predicted octanol–water partition coefficient (Wildman–Crippen LogP) is 2.67. The number of aromatic nitrogens is 2. The maximum atomic E-state index is 11.9. The minimum absolute atomic E-state index is 0.166. The molecule has 1 heterocycles. The number of carbonyl (C=O) groups excluding carboxylic acids is 2. The quantitative estimate of drug-likeness (QED) is 0.373. The molecule has 0 unspecified atom stereocenters. The minimum atomic E-state index is -0.736. The average Bonchev–Trinajstić information content (AvgIpc) is 2.57. The number of carbonyl (C=O) groups is 2. The van der Waals surface area contributed by atoms with E-state index in [1.165, 1.54) is 6.20 Å². The molecule has 1 N–H and O–H groups in total. The molecule has 2 aromatic rings. The Morgan fingerprint density at radius 3 is 2.12 bits per heavy atom. The van der Waals surface area contributed by atoms with E-state index in [0.29, 0.717) is 5.69 Å². The second kappa shape index (κ2) is 8.23. The van der Waals surface area contributed by atoms with Crippen molar-refractivity contribution in [2.24, 2.45) is 0 Å². The van der Waals surface area contributed by atoms with Crippen molar-refractivity contribution in [2.75, 3.05) is 18.5 Å². The fourth-order valence-corrected chi connectivity index (χ4v) is 2.09. The first-order valence-electron chi connectivity index (χ1n) is 8.02. The van der Waals surface area contributed by atoms with Crippen LogP contribution in [0.5, 0.6) is 0 Å². The molecule has 0 bridgehead atoms. The lowest BCUT2D eigenvalue weighted by Crippen LogP contribution is -2.19. The van der Waals surface area contributed by atoms with Gasteiger partial charge in [0.25, 0.3) is 0 Å². The number of benzene rings is 1. The van der Waals surface area contributed by atoms with Crippen molar-refractivity contribution in [1.29, 1.82) is 0 Å². The van der Waals surface area contributed by atoms with E-state index in [1.807, 2.05) is 19.9 Å². The highest BCUT2D eigenvalue weighted by Crippen LogP contribution is 2.18. The van der Waals surface area contributed by atoms with Gasteiger partial charge in [0.15, 0.2) is 5.57 Å². The molecule has 0 atom stereocenters. The number of aryl methyl sites for hydroxylation is 2. The average molecular weight is 343 g/mol. The van der Waals surface area contributed by atoms with Gasteiger partial charge in [-0.05, 0) is 45.9 Å². The molecule has 7 heteroatoms. The number of rotatable bonds is 6. The summed E-state index contributed by atoms with van der Waals surface area (Å²) in [7, 11) is 0. The number of hydrogen-bond acceptors (Lipinski definition) is 7. The Labute approximate surface area is 146 Å². The molecule has 0 amide bonds. The fourth-order valence-electron chi connectivity index (χ4n) is 2.09. The van der Waals surface area contributed by atoms with Gasteiger partial charge in [0, 0.05) is 11.9 Å². The van der Waals surface area contributed by atoms with Crippen molar-refractivity contribution in [3.63, 3.8) is 0 Å². The third kappa shape index (κ3) is 4.53. The summed E-state index contributed by atoms with van der Waals surface area (Å²) in [6.45, 7) is 7.46. The van der Waals surface area contributed by atoms with Gasteiger partial charge in [-0.15, -0.1) is 0 Å². The molecule has 7 nitrogen and oxygen atoms in total. The van der Waals surface area contributed by atoms with E-state index in [0.717, 1.165) is 22.4 Å².